The van der Waals surface area contributed by atoms with E-state index >= 15 is 0 Å². The molecule has 0 aliphatic heterocycles. The van der Waals surface area contributed by atoms with Gasteiger partial charge in [0.1, 0.15) is 5.69 Å². The molecule has 2 aromatic heterocycles. The Morgan fingerprint density at radius 3 is 2.65 bits per heavy atom. The lowest BCUT2D eigenvalue weighted by Gasteiger charge is -2.13. The molecule has 1 amide bonds. The molecule has 6 nitrogen and oxygen atoms in total. The highest BCUT2D eigenvalue weighted by Crippen LogP contribution is 2.16. The van der Waals surface area contributed by atoms with Gasteiger partial charge in [-0.2, -0.15) is 5.10 Å². The normalized spacial score (nSPS) is 11.9. The van der Waals surface area contributed by atoms with E-state index in [9.17, 15) is 9.59 Å². The molecule has 2 heterocycles. The largest absolute Gasteiger partial charge is 0.463 e. The van der Waals surface area contributed by atoms with Crippen LogP contribution < -0.4 is 10.9 Å². The predicted molar refractivity (Wildman–Crippen MR) is 98.8 cm³/mol. The SMILES string of the molecule is Cc1ccc([C@H](C)C(=O)NCCn2nc(-c3ccco3)ccc2=O)cc1. The fourth-order valence-electron chi connectivity index (χ4n) is 2.61. The molecule has 1 N–H and O–H groups in total. The van der Waals surface area contributed by atoms with E-state index in [1.54, 1.807) is 24.5 Å². The standard InChI is InChI=1S/C20H21N3O3/c1-14-5-7-16(8-6-14)15(2)20(25)21-11-12-23-19(24)10-9-17(22-23)18-4-3-13-26-18/h3-10,13,15H,11-12H2,1-2H3,(H,21,25)/t15-/m0/s1. The monoisotopic (exact) mass is 351 g/mol. The van der Waals surface area contributed by atoms with Crippen LogP contribution in [0, 0.1) is 6.92 Å². The Kier molecular flexibility index (Phi) is 5.31. The average Bonchev–Trinajstić information content (AvgIpc) is 3.18. The number of amides is 1. The maximum absolute atomic E-state index is 12.3. The zero-order chi connectivity index (χ0) is 18.5. The van der Waals surface area contributed by atoms with Crippen molar-refractivity contribution in [2.24, 2.45) is 0 Å². The van der Waals surface area contributed by atoms with E-state index in [0.717, 1.165) is 11.1 Å². The van der Waals surface area contributed by atoms with Gasteiger partial charge in [-0.25, -0.2) is 4.68 Å². The van der Waals surface area contributed by atoms with E-state index in [4.69, 9.17) is 4.42 Å². The minimum absolute atomic E-state index is 0.0795. The molecule has 0 aliphatic carbocycles. The van der Waals surface area contributed by atoms with Crippen LogP contribution in [0.3, 0.4) is 0 Å². The third kappa shape index (κ3) is 4.08. The summed E-state index contributed by atoms with van der Waals surface area (Å²) in [5.41, 5.74) is 2.47. The molecule has 0 aliphatic rings. The zero-order valence-corrected chi connectivity index (χ0v) is 14.8. The van der Waals surface area contributed by atoms with Gasteiger partial charge in [0.25, 0.3) is 5.56 Å². The van der Waals surface area contributed by atoms with Gasteiger partial charge in [0.2, 0.25) is 5.91 Å². The molecule has 0 saturated carbocycles. The number of rotatable bonds is 6. The highest BCUT2D eigenvalue weighted by Gasteiger charge is 2.14. The van der Waals surface area contributed by atoms with Gasteiger partial charge < -0.3 is 9.73 Å². The molecule has 1 aromatic carbocycles. The Morgan fingerprint density at radius 1 is 1.19 bits per heavy atom. The average molecular weight is 351 g/mol. The molecule has 0 spiro atoms. The number of nitrogens with zero attached hydrogens (tertiary/aromatic N) is 2. The maximum atomic E-state index is 12.3. The molecule has 0 bridgehead atoms. The molecule has 3 rings (SSSR count). The Hall–Kier alpha value is -3.15. The van der Waals surface area contributed by atoms with Crippen LogP contribution in [-0.2, 0) is 11.3 Å². The van der Waals surface area contributed by atoms with Gasteiger partial charge in [-0.1, -0.05) is 29.8 Å². The number of aromatic nitrogens is 2. The van der Waals surface area contributed by atoms with Gasteiger partial charge in [0.05, 0.1) is 18.7 Å². The number of hydrogen-bond donors (Lipinski definition) is 1. The van der Waals surface area contributed by atoms with Crippen molar-refractivity contribution in [3.63, 3.8) is 0 Å². The molecule has 0 unspecified atom stereocenters. The van der Waals surface area contributed by atoms with E-state index in [-0.39, 0.29) is 17.4 Å². The molecule has 3 aromatic rings. The fraction of sp³-hybridized carbons (Fsp3) is 0.250. The van der Waals surface area contributed by atoms with Crippen LogP contribution >= 0.6 is 0 Å². The Labute approximate surface area is 151 Å². The van der Waals surface area contributed by atoms with Crippen molar-refractivity contribution in [2.45, 2.75) is 26.3 Å². The second kappa shape index (κ2) is 7.82. The van der Waals surface area contributed by atoms with E-state index in [0.29, 0.717) is 24.5 Å². The summed E-state index contributed by atoms with van der Waals surface area (Å²) in [4.78, 5) is 24.3. The summed E-state index contributed by atoms with van der Waals surface area (Å²) >= 11 is 0. The Morgan fingerprint density at radius 2 is 1.96 bits per heavy atom. The summed E-state index contributed by atoms with van der Waals surface area (Å²) < 4.78 is 6.63. The first-order valence-corrected chi connectivity index (χ1v) is 8.51. The van der Waals surface area contributed by atoms with Crippen LogP contribution in [-0.4, -0.2) is 22.2 Å². The van der Waals surface area contributed by atoms with Crippen molar-refractivity contribution in [3.05, 3.63) is 76.3 Å². The number of furan rings is 1. The number of nitrogens with one attached hydrogen (secondary N) is 1. The summed E-state index contributed by atoms with van der Waals surface area (Å²) in [5.74, 6) is 0.259. The highest BCUT2D eigenvalue weighted by atomic mass is 16.3. The van der Waals surface area contributed by atoms with Crippen molar-refractivity contribution in [2.75, 3.05) is 6.54 Å². The number of carbonyl (C=O) groups is 1. The molecule has 0 radical (unpaired) electrons. The molecular weight excluding hydrogens is 330 g/mol. The van der Waals surface area contributed by atoms with Crippen LogP contribution in [0.25, 0.3) is 11.5 Å². The van der Waals surface area contributed by atoms with E-state index in [1.807, 2.05) is 38.1 Å². The predicted octanol–water partition coefficient (Wildman–Crippen LogP) is 2.73. The van der Waals surface area contributed by atoms with Gasteiger partial charge in [0.15, 0.2) is 5.76 Å². The number of hydrogen-bond acceptors (Lipinski definition) is 4. The maximum Gasteiger partial charge on any atom is 0.266 e. The summed E-state index contributed by atoms with van der Waals surface area (Å²) in [6, 6.07) is 14.5. The fourth-order valence-corrected chi connectivity index (χ4v) is 2.61. The van der Waals surface area contributed by atoms with Gasteiger partial charge in [-0.3, -0.25) is 9.59 Å². The minimum atomic E-state index is -0.255. The van der Waals surface area contributed by atoms with Gasteiger partial charge in [0, 0.05) is 12.6 Å². The second-order valence-electron chi connectivity index (χ2n) is 6.18. The van der Waals surface area contributed by atoms with E-state index in [2.05, 4.69) is 10.4 Å². The van der Waals surface area contributed by atoms with Crippen molar-refractivity contribution >= 4 is 5.91 Å². The van der Waals surface area contributed by atoms with Crippen LogP contribution in [0.4, 0.5) is 0 Å². The molecule has 0 saturated heterocycles. The third-order valence-electron chi connectivity index (χ3n) is 4.23. The molecule has 6 heteroatoms. The first kappa shape index (κ1) is 17.7. The minimum Gasteiger partial charge on any atom is -0.463 e. The number of carbonyl (C=O) groups excluding carboxylic acids is 1. The number of aryl methyl sites for hydroxylation is 1. The topological polar surface area (TPSA) is 77.1 Å². The van der Waals surface area contributed by atoms with Crippen molar-refractivity contribution in [1.82, 2.24) is 15.1 Å². The lowest BCUT2D eigenvalue weighted by atomic mass is 9.99. The Balaban J connectivity index is 1.61. The van der Waals surface area contributed by atoms with Crippen molar-refractivity contribution in [3.8, 4) is 11.5 Å². The van der Waals surface area contributed by atoms with E-state index < -0.39 is 0 Å². The van der Waals surface area contributed by atoms with Crippen LogP contribution in [0.15, 0.2) is 64.0 Å². The second-order valence-corrected chi connectivity index (χ2v) is 6.18. The van der Waals surface area contributed by atoms with Crippen LogP contribution in [0.5, 0.6) is 0 Å². The lowest BCUT2D eigenvalue weighted by Crippen LogP contribution is -2.34. The quantitative estimate of drug-likeness (QED) is 0.741. The first-order chi connectivity index (χ1) is 12.5. The van der Waals surface area contributed by atoms with Gasteiger partial charge >= 0.3 is 0 Å². The zero-order valence-electron chi connectivity index (χ0n) is 14.8. The lowest BCUT2D eigenvalue weighted by molar-refractivity contribution is -0.122. The van der Waals surface area contributed by atoms with E-state index in [1.165, 1.54) is 10.7 Å². The first-order valence-electron chi connectivity index (χ1n) is 8.51. The van der Waals surface area contributed by atoms with Crippen molar-refractivity contribution in [1.29, 1.82) is 0 Å². The van der Waals surface area contributed by atoms with Crippen molar-refractivity contribution < 1.29 is 9.21 Å². The molecule has 0 fully saturated rings. The molecule has 1 atom stereocenters. The highest BCUT2D eigenvalue weighted by molar-refractivity contribution is 5.83. The summed E-state index contributed by atoms with van der Waals surface area (Å²) in [6.45, 7) is 4.49. The Bertz CT molecular complexity index is 928. The smallest absolute Gasteiger partial charge is 0.266 e. The molecule has 26 heavy (non-hydrogen) atoms. The summed E-state index contributed by atoms with van der Waals surface area (Å²) in [6.07, 6.45) is 1.55. The van der Waals surface area contributed by atoms with Crippen LogP contribution in [0.1, 0.15) is 24.0 Å². The van der Waals surface area contributed by atoms with Gasteiger partial charge in [-0.15, -0.1) is 0 Å². The summed E-state index contributed by atoms with van der Waals surface area (Å²) in [7, 11) is 0. The third-order valence-corrected chi connectivity index (χ3v) is 4.23. The molecular formula is C20H21N3O3. The van der Waals surface area contributed by atoms with Gasteiger partial charge in [-0.05, 0) is 37.6 Å². The molecule has 134 valence electrons. The summed E-state index contributed by atoms with van der Waals surface area (Å²) in [5, 5.41) is 7.15. The van der Waals surface area contributed by atoms with Crippen LogP contribution in [0.2, 0.25) is 0 Å². The number of benzene rings is 1.